The summed E-state index contributed by atoms with van der Waals surface area (Å²) in [6, 6.07) is 9.87. The molecule has 16 heavy (non-hydrogen) atoms. The van der Waals surface area contributed by atoms with Crippen LogP contribution in [0, 0.1) is 5.41 Å². The van der Waals surface area contributed by atoms with Gasteiger partial charge in [-0.15, -0.1) is 0 Å². The Morgan fingerprint density at radius 3 is 2.25 bits per heavy atom. The molecule has 1 aliphatic carbocycles. The molecule has 1 aromatic carbocycles. The number of hydrogen-bond donors (Lipinski definition) is 1. The summed E-state index contributed by atoms with van der Waals surface area (Å²) in [5, 5.41) is 9.36. The van der Waals surface area contributed by atoms with Crippen LogP contribution in [-0.2, 0) is 4.79 Å². The van der Waals surface area contributed by atoms with Crippen molar-refractivity contribution in [2.75, 3.05) is 14.1 Å². The minimum atomic E-state index is -0.671. The normalized spacial score (nSPS) is 19.4. The maximum absolute atomic E-state index is 11.4. The molecule has 0 spiro atoms. The lowest BCUT2D eigenvalue weighted by Gasteiger charge is -2.30. The van der Waals surface area contributed by atoms with E-state index in [0.29, 0.717) is 0 Å². The summed E-state index contributed by atoms with van der Waals surface area (Å²) in [6.45, 7) is 0. The molecule has 2 rings (SSSR count). The fourth-order valence-electron chi connectivity index (χ4n) is 2.49. The van der Waals surface area contributed by atoms with Gasteiger partial charge >= 0.3 is 5.97 Å². The summed E-state index contributed by atoms with van der Waals surface area (Å²) in [7, 11) is 3.89. The number of aliphatic carboxylic acids is 1. The van der Waals surface area contributed by atoms with E-state index in [0.717, 1.165) is 18.4 Å². The number of carbonyl (C=O) groups is 1. The van der Waals surface area contributed by atoms with E-state index in [4.69, 9.17) is 0 Å². The van der Waals surface area contributed by atoms with Gasteiger partial charge in [-0.1, -0.05) is 30.3 Å². The van der Waals surface area contributed by atoms with Gasteiger partial charge in [0, 0.05) is 0 Å². The molecule has 1 fully saturated rings. The van der Waals surface area contributed by atoms with E-state index in [1.54, 1.807) is 0 Å². The van der Waals surface area contributed by atoms with E-state index < -0.39 is 11.4 Å². The second-order valence-electron chi connectivity index (χ2n) is 4.74. The number of nitrogens with zero attached hydrogens (tertiary/aromatic N) is 1. The number of carboxylic acid groups (broad SMARTS) is 1. The fraction of sp³-hybridized carbons (Fsp3) is 0.462. The third-order valence-corrected chi connectivity index (χ3v) is 3.37. The van der Waals surface area contributed by atoms with E-state index >= 15 is 0 Å². The number of carboxylic acids is 1. The molecule has 1 N–H and O–H groups in total. The first kappa shape index (κ1) is 11.1. The Balaban J connectivity index is 2.36. The van der Waals surface area contributed by atoms with Crippen LogP contribution in [0.2, 0.25) is 0 Å². The Morgan fingerprint density at radius 2 is 1.88 bits per heavy atom. The summed E-state index contributed by atoms with van der Waals surface area (Å²) in [6.07, 6.45) is 1.56. The summed E-state index contributed by atoms with van der Waals surface area (Å²) >= 11 is 0. The van der Waals surface area contributed by atoms with Gasteiger partial charge in [0.15, 0.2) is 0 Å². The quantitative estimate of drug-likeness (QED) is 0.843. The third kappa shape index (κ3) is 1.71. The Hall–Kier alpha value is -1.35. The van der Waals surface area contributed by atoms with Crippen molar-refractivity contribution in [3.8, 4) is 0 Å². The van der Waals surface area contributed by atoms with Crippen LogP contribution in [0.25, 0.3) is 0 Å². The Morgan fingerprint density at radius 1 is 1.31 bits per heavy atom. The van der Waals surface area contributed by atoms with Gasteiger partial charge in [0.25, 0.3) is 0 Å². The van der Waals surface area contributed by atoms with Crippen LogP contribution < -0.4 is 0 Å². The minimum absolute atomic E-state index is 0.0220. The van der Waals surface area contributed by atoms with Crippen LogP contribution in [0.4, 0.5) is 0 Å². The molecule has 1 aliphatic rings. The Labute approximate surface area is 95.7 Å². The number of rotatable bonds is 4. The highest BCUT2D eigenvalue weighted by Gasteiger charge is 2.57. The van der Waals surface area contributed by atoms with Gasteiger partial charge in [-0.25, -0.2) is 0 Å². The topological polar surface area (TPSA) is 40.5 Å². The summed E-state index contributed by atoms with van der Waals surface area (Å²) in [5.74, 6) is -0.671. The van der Waals surface area contributed by atoms with Crippen molar-refractivity contribution in [3.63, 3.8) is 0 Å². The van der Waals surface area contributed by atoms with Gasteiger partial charge < -0.3 is 10.0 Å². The van der Waals surface area contributed by atoms with Crippen molar-refractivity contribution in [1.82, 2.24) is 4.90 Å². The first-order valence-electron chi connectivity index (χ1n) is 5.53. The highest BCUT2D eigenvalue weighted by atomic mass is 16.4. The van der Waals surface area contributed by atoms with Crippen LogP contribution in [0.1, 0.15) is 24.4 Å². The van der Waals surface area contributed by atoms with Crippen molar-refractivity contribution in [3.05, 3.63) is 35.9 Å². The fourth-order valence-corrected chi connectivity index (χ4v) is 2.49. The second-order valence-corrected chi connectivity index (χ2v) is 4.74. The molecule has 1 atom stereocenters. The molecule has 3 nitrogen and oxygen atoms in total. The van der Waals surface area contributed by atoms with Crippen LogP contribution in [0.3, 0.4) is 0 Å². The standard InChI is InChI=1S/C13H17NO2/c1-14(2)11(10-6-4-3-5-7-10)13(8-9-13)12(15)16/h3-7,11H,8-9H2,1-2H3,(H,15,16). The molecule has 3 heteroatoms. The molecular formula is C13H17NO2. The van der Waals surface area contributed by atoms with Crippen molar-refractivity contribution < 1.29 is 9.90 Å². The monoisotopic (exact) mass is 219 g/mol. The van der Waals surface area contributed by atoms with Crippen molar-refractivity contribution in [2.45, 2.75) is 18.9 Å². The first-order valence-corrected chi connectivity index (χ1v) is 5.53. The maximum Gasteiger partial charge on any atom is 0.311 e. The lowest BCUT2D eigenvalue weighted by atomic mass is 9.89. The molecule has 0 amide bonds. The van der Waals surface area contributed by atoms with Crippen LogP contribution in [-0.4, -0.2) is 30.1 Å². The molecular weight excluding hydrogens is 202 g/mol. The van der Waals surface area contributed by atoms with Crippen LogP contribution in [0.5, 0.6) is 0 Å². The van der Waals surface area contributed by atoms with E-state index in [1.807, 2.05) is 49.3 Å². The molecule has 0 bridgehead atoms. The van der Waals surface area contributed by atoms with Crippen LogP contribution in [0.15, 0.2) is 30.3 Å². The summed E-state index contributed by atoms with van der Waals surface area (Å²) in [5.41, 5.74) is 0.526. The Bertz CT molecular complexity index is 382. The van der Waals surface area contributed by atoms with Gasteiger partial charge in [-0.3, -0.25) is 4.79 Å². The van der Waals surface area contributed by atoms with Crippen molar-refractivity contribution >= 4 is 5.97 Å². The highest BCUT2D eigenvalue weighted by Crippen LogP contribution is 2.56. The van der Waals surface area contributed by atoms with Gasteiger partial charge in [0.05, 0.1) is 11.5 Å². The molecule has 0 aliphatic heterocycles. The van der Waals surface area contributed by atoms with E-state index in [9.17, 15) is 9.90 Å². The predicted octanol–water partition coefficient (Wildman–Crippen LogP) is 2.15. The van der Waals surface area contributed by atoms with Crippen molar-refractivity contribution in [1.29, 1.82) is 0 Å². The summed E-state index contributed by atoms with van der Waals surface area (Å²) < 4.78 is 0. The van der Waals surface area contributed by atoms with Gasteiger partial charge in [0.1, 0.15) is 0 Å². The zero-order valence-electron chi connectivity index (χ0n) is 9.68. The molecule has 1 saturated carbocycles. The van der Waals surface area contributed by atoms with Gasteiger partial charge in [-0.2, -0.15) is 0 Å². The minimum Gasteiger partial charge on any atom is -0.481 e. The van der Waals surface area contributed by atoms with Gasteiger partial charge in [-0.05, 0) is 32.5 Å². The lowest BCUT2D eigenvalue weighted by molar-refractivity contribution is -0.146. The average molecular weight is 219 g/mol. The zero-order valence-corrected chi connectivity index (χ0v) is 9.68. The molecule has 0 radical (unpaired) electrons. The second kappa shape index (κ2) is 3.91. The molecule has 1 unspecified atom stereocenters. The average Bonchev–Trinajstić information content (AvgIpc) is 3.00. The van der Waals surface area contributed by atoms with Crippen molar-refractivity contribution in [2.24, 2.45) is 5.41 Å². The molecule has 1 aromatic rings. The summed E-state index contributed by atoms with van der Waals surface area (Å²) in [4.78, 5) is 13.4. The van der Waals surface area contributed by atoms with Crippen LogP contribution >= 0.6 is 0 Å². The molecule has 0 aromatic heterocycles. The first-order chi connectivity index (χ1) is 7.58. The molecule has 0 saturated heterocycles. The van der Waals surface area contributed by atoms with E-state index in [2.05, 4.69) is 0 Å². The zero-order chi connectivity index (χ0) is 11.8. The highest BCUT2D eigenvalue weighted by molar-refractivity contribution is 5.79. The molecule has 0 heterocycles. The SMILES string of the molecule is CN(C)C(c1ccccc1)C1(C(=O)O)CC1. The largest absolute Gasteiger partial charge is 0.481 e. The number of benzene rings is 1. The maximum atomic E-state index is 11.4. The van der Waals surface area contributed by atoms with E-state index in [1.165, 1.54) is 0 Å². The smallest absolute Gasteiger partial charge is 0.311 e. The molecule has 86 valence electrons. The third-order valence-electron chi connectivity index (χ3n) is 3.37. The number of hydrogen-bond acceptors (Lipinski definition) is 2. The van der Waals surface area contributed by atoms with Gasteiger partial charge in [0.2, 0.25) is 0 Å². The Kier molecular flexibility index (Phi) is 2.72. The predicted molar refractivity (Wildman–Crippen MR) is 62.2 cm³/mol. The lowest BCUT2D eigenvalue weighted by Crippen LogP contribution is -2.33. The van der Waals surface area contributed by atoms with E-state index in [-0.39, 0.29) is 6.04 Å².